The second-order valence-electron chi connectivity index (χ2n) is 7.37. The van der Waals surface area contributed by atoms with E-state index in [4.69, 9.17) is 0 Å². The Morgan fingerprint density at radius 2 is 1.04 bits per heavy atom. The fourth-order valence-electron chi connectivity index (χ4n) is 3.86. The fraction of sp³-hybridized carbons (Fsp3) is 0.739. The fourth-order valence-corrected chi connectivity index (χ4v) is 3.86. The van der Waals surface area contributed by atoms with E-state index >= 15 is 0 Å². The lowest BCUT2D eigenvalue weighted by Crippen LogP contribution is -3.00. The third kappa shape index (κ3) is 9.66. The molecule has 0 radical (unpaired) electrons. The predicted octanol–water partition coefficient (Wildman–Crippen LogP) is 4.35. The highest BCUT2D eigenvalue weighted by Crippen LogP contribution is 2.24. The highest BCUT2D eigenvalue weighted by Gasteiger charge is 2.25. The minimum absolute atomic E-state index is 0. The van der Waals surface area contributed by atoms with Gasteiger partial charge in [0, 0.05) is 0 Å². The van der Waals surface area contributed by atoms with Gasteiger partial charge in [-0.3, -0.25) is 4.48 Å². The van der Waals surface area contributed by atoms with Gasteiger partial charge in [-0.1, -0.05) is 82.9 Å². The molecular formula is C23H42ClN. The topological polar surface area (TPSA) is 0 Å². The van der Waals surface area contributed by atoms with E-state index in [1.165, 1.54) is 96.0 Å². The molecule has 25 heavy (non-hydrogen) atoms. The van der Waals surface area contributed by atoms with E-state index in [1.807, 2.05) is 0 Å². The van der Waals surface area contributed by atoms with Crippen LogP contribution in [-0.2, 0) is 0 Å². The number of nitrogens with zero attached hydrogens (tertiary/aromatic N) is 1. The second kappa shape index (κ2) is 15.7. The number of para-hydroxylation sites is 1. The number of hydrogen-bond donors (Lipinski definition) is 0. The lowest BCUT2D eigenvalue weighted by atomic mass is 10.1. The predicted molar refractivity (Wildman–Crippen MR) is 111 cm³/mol. The minimum atomic E-state index is 0. The first kappa shape index (κ1) is 24.5. The molecule has 0 aromatic heterocycles. The van der Waals surface area contributed by atoms with Gasteiger partial charge in [0.05, 0.1) is 19.6 Å². The molecule has 1 rings (SSSR count). The van der Waals surface area contributed by atoms with Gasteiger partial charge in [0.1, 0.15) is 5.69 Å². The number of unbranched alkanes of at least 4 members (excludes halogenated alkanes) is 10. The zero-order chi connectivity index (χ0) is 17.5. The largest absolute Gasteiger partial charge is 1.00 e. The molecule has 0 aliphatic carbocycles. The van der Waals surface area contributed by atoms with Crippen molar-refractivity contribution in [3.63, 3.8) is 0 Å². The van der Waals surface area contributed by atoms with Crippen LogP contribution < -0.4 is 16.9 Å². The van der Waals surface area contributed by atoms with E-state index in [0.717, 1.165) is 4.48 Å². The molecule has 0 atom stereocenters. The van der Waals surface area contributed by atoms with Crippen LogP contribution in [0.4, 0.5) is 5.69 Å². The zero-order valence-electron chi connectivity index (χ0n) is 17.1. The van der Waals surface area contributed by atoms with E-state index in [9.17, 15) is 0 Å². The van der Waals surface area contributed by atoms with Crippen LogP contribution in [0.5, 0.6) is 0 Å². The van der Waals surface area contributed by atoms with E-state index in [0.29, 0.717) is 0 Å². The number of benzene rings is 1. The maximum atomic E-state index is 2.34. The van der Waals surface area contributed by atoms with Gasteiger partial charge in [-0.25, -0.2) is 0 Å². The van der Waals surface area contributed by atoms with Crippen LogP contribution in [0.15, 0.2) is 30.3 Å². The molecule has 0 saturated carbocycles. The van der Waals surface area contributed by atoms with Crippen LogP contribution in [0.3, 0.4) is 0 Å². The Morgan fingerprint density at radius 3 is 1.48 bits per heavy atom. The summed E-state index contributed by atoms with van der Waals surface area (Å²) in [6, 6.07) is 11.1. The maximum Gasteiger partial charge on any atom is 0.132 e. The smallest absolute Gasteiger partial charge is 0.132 e. The van der Waals surface area contributed by atoms with Crippen LogP contribution in [0.25, 0.3) is 0 Å². The van der Waals surface area contributed by atoms with Gasteiger partial charge < -0.3 is 12.4 Å². The molecule has 1 aromatic carbocycles. The van der Waals surface area contributed by atoms with Crippen LogP contribution in [0, 0.1) is 0 Å². The summed E-state index contributed by atoms with van der Waals surface area (Å²) in [5.74, 6) is 0. The summed E-state index contributed by atoms with van der Waals surface area (Å²) >= 11 is 0. The van der Waals surface area contributed by atoms with Crippen molar-refractivity contribution in [3.8, 4) is 0 Å². The monoisotopic (exact) mass is 367 g/mol. The van der Waals surface area contributed by atoms with Gasteiger partial charge in [0.2, 0.25) is 0 Å². The molecule has 0 spiro atoms. The SMILES string of the molecule is CCCCCCCCCCCCC[N+](CC)(CC)c1ccccc1.[Cl-]. The molecule has 0 aliphatic heterocycles. The van der Waals surface area contributed by atoms with Crippen LogP contribution >= 0.6 is 0 Å². The van der Waals surface area contributed by atoms with Gasteiger partial charge >= 0.3 is 0 Å². The Morgan fingerprint density at radius 1 is 0.600 bits per heavy atom. The summed E-state index contributed by atoms with van der Waals surface area (Å²) in [7, 11) is 0. The Hall–Kier alpha value is -0.530. The van der Waals surface area contributed by atoms with Crippen molar-refractivity contribution >= 4 is 5.69 Å². The minimum Gasteiger partial charge on any atom is -1.00 e. The summed E-state index contributed by atoms with van der Waals surface area (Å²) in [4.78, 5) is 0. The molecule has 2 heteroatoms. The summed E-state index contributed by atoms with van der Waals surface area (Å²) in [6.07, 6.45) is 15.7. The third-order valence-corrected chi connectivity index (χ3v) is 5.70. The van der Waals surface area contributed by atoms with Gasteiger partial charge in [-0.15, -0.1) is 0 Å². The quantitative estimate of drug-likeness (QED) is 0.319. The van der Waals surface area contributed by atoms with Crippen molar-refractivity contribution in [2.45, 2.75) is 91.4 Å². The molecule has 146 valence electrons. The lowest BCUT2D eigenvalue weighted by Gasteiger charge is -2.36. The van der Waals surface area contributed by atoms with E-state index < -0.39 is 0 Å². The average Bonchev–Trinajstić information content (AvgIpc) is 2.64. The summed E-state index contributed by atoms with van der Waals surface area (Å²) in [5, 5.41) is 0. The van der Waals surface area contributed by atoms with Gasteiger partial charge in [0.15, 0.2) is 0 Å². The molecular weight excluding hydrogens is 326 g/mol. The van der Waals surface area contributed by atoms with Crippen molar-refractivity contribution in [1.29, 1.82) is 0 Å². The maximum absolute atomic E-state index is 2.34. The Kier molecular flexibility index (Phi) is 15.4. The van der Waals surface area contributed by atoms with E-state index in [-0.39, 0.29) is 12.4 Å². The standard InChI is InChI=1S/C23H42N.ClH/c1-4-7-8-9-10-11-12-13-14-15-19-22-24(5-2,6-3)23-20-17-16-18-21-23;/h16-18,20-21H,4-15,19,22H2,1-3H3;1H/q+1;/p-1. The van der Waals surface area contributed by atoms with Crippen molar-refractivity contribution in [1.82, 2.24) is 4.48 Å². The van der Waals surface area contributed by atoms with Gasteiger partial charge in [-0.05, 0) is 38.8 Å². The van der Waals surface area contributed by atoms with E-state index in [1.54, 1.807) is 0 Å². The zero-order valence-corrected chi connectivity index (χ0v) is 17.9. The summed E-state index contributed by atoms with van der Waals surface area (Å²) < 4.78 is 1.15. The molecule has 0 unspecified atom stereocenters. The lowest BCUT2D eigenvalue weighted by molar-refractivity contribution is -0.00000527. The molecule has 0 aliphatic rings. The molecule has 1 aromatic rings. The number of quaternary nitrogens is 1. The molecule has 0 saturated heterocycles. The Balaban J connectivity index is 0.00000576. The average molecular weight is 368 g/mol. The highest BCUT2D eigenvalue weighted by molar-refractivity contribution is 5.42. The van der Waals surface area contributed by atoms with Crippen molar-refractivity contribution in [2.24, 2.45) is 0 Å². The second-order valence-corrected chi connectivity index (χ2v) is 7.37. The van der Waals surface area contributed by atoms with Gasteiger partial charge in [-0.2, -0.15) is 0 Å². The van der Waals surface area contributed by atoms with Crippen molar-refractivity contribution in [2.75, 3.05) is 19.6 Å². The number of rotatable bonds is 15. The molecule has 0 amide bonds. The summed E-state index contributed by atoms with van der Waals surface area (Å²) in [6.45, 7) is 10.7. The van der Waals surface area contributed by atoms with Crippen molar-refractivity contribution < 1.29 is 12.4 Å². The van der Waals surface area contributed by atoms with Crippen LogP contribution in [0.2, 0.25) is 0 Å². The Bertz CT molecular complexity index is 386. The first-order valence-corrected chi connectivity index (χ1v) is 10.7. The van der Waals surface area contributed by atoms with Crippen LogP contribution in [0.1, 0.15) is 91.4 Å². The van der Waals surface area contributed by atoms with E-state index in [2.05, 4.69) is 51.1 Å². The molecule has 0 N–H and O–H groups in total. The van der Waals surface area contributed by atoms with Gasteiger partial charge in [0.25, 0.3) is 0 Å². The molecule has 0 heterocycles. The third-order valence-electron chi connectivity index (χ3n) is 5.70. The Labute approximate surface area is 164 Å². The first-order valence-electron chi connectivity index (χ1n) is 10.7. The summed E-state index contributed by atoms with van der Waals surface area (Å²) in [5.41, 5.74) is 1.49. The normalized spacial score (nSPS) is 11.3. The molecule has 1 nitrogen and oxygen atoms in total. The number of halogens is 1. The number of hydrogen-bond acceptors (Lipinski definition) is 0. The highest BCUT2D eigenvalue weighted by atomic mass is 35.5. The van der Waals surface area contributed by atoms with Crippen LogP contribution in [-0.4, -0.2) is 19.6 Å². The first-order chi connectivity index (χ1) is 11.8. The molecule has 0 fully saturated rings. The molecule has 0 bridgehead atoms. The van der Waals surface area contributed by atoms with Crippen molar-refractivity contribution in [3.05, 3.63) is 30.3 Å².